The topological polar surface area (TPSA) is 37.4 Å². The Labute approximate surface area is 112 Å². The van der Waals surface area contributed by atoms with Gasteiger partial charge < -0.3 is 0 Å². The summed E-state index contributed by atoms with van der Waals surface area (Å²) in [5.74, 6) is 0.801. The van der Waals surface area contributed by atoms with Gasteiger partial charge >= 0.3 is 0 Å². The number of carbonyl (C=O) groups excluding carboxylic acids is 2. The van der Waals surface area contributed by atoms with E-state index in [1.165, 1.54) is 4.90 Å². The number of hydrogen-bond donors (Lipinski definition) is 0. The van der Waals surface area contributed by atoms with Gasteiger partial charge in [-0.25, -0.2) is 4.90 Å². The number of unbranched alkanes of at least 4 members (excludes halogenated alkanes) is 1. The van der Waals surface area contributed by atoms with Crippen molar-refractivity contribution in [3.63, 3.8) is 0 Å². The number of thioether (sulfide) groups is 1. The van der Waals surface area contributed by atoms with Gasteiger partial charge in [0.15, 0.2) is 0 Å². The molecule has 0 aromatic heterocycles. The number of hydrogen-bond acceptors (Lipinski definition) is 3. The number of benzene rings is 1. The molecule has 0 radical (unpaired) electrons. The molecule has 3 nitrogen and oxygen atoms in total. The highest BCUT2D eigenvalue weighted by Gasteiger charge is 2.39. The van der Waals surface area contributed by atoms with E-state index in [0.717, 1.165) is 18.6 Å². The molecule has 0 N–H and O–H groups in total. The Kier molecular flexibility index (Phi) is 4.42. The van der Waals surface area contributed by atoms with Crippen molar-refractivity contribution in [2.75, 3.05) is 10.7 Å². The zero-order valence-corrected chi connectivity index (χ0v) is 11.3. The molecular formula is C14H17NO2S. The summed E-state index contributed by atoms with van der Waals surface area (Å²) in [6.07, 6.45) is 2.54. The van der Waals surface area contributed by atoms with Crippen molar-refractivity contribution >= 4 is 29.3 Å². The molecule has 2 rings (SSSR count). The third-order valence-electron chi connectivity index (χ3n) is 2.94. The van der Waals surface area contributed by atoms with Crippen molar-refractivity contribution in [2.24, 2.45) is 0 Å². The van der Waals surface area contributed by atoms with Crippen LogP contribution in [0.3, 0.4) is 0 Å². The molecular weight excluding hydrogens is 246 g/mol. The van der Waals surface area contributed by atoms with Gasteiger partial charge in [0.05, 0.1) is 10.9 Å². The maximum Gasteiger partial charge on any atom is 0.247 e. The van der Waals surface area contributed by atoms with Crippen LogP contribution in [-0.2, 0) is 9.59 Å². The summed E-state index contributed by atoms with van der Waals surface area (Å²) in [6.45, 7) is 2.12. The molecule has 96 valence electrons. The lowest BCUT2D eigenvalue weighted by atomic mass is 10.3. The summed E-state index contributed by atoms with van der Waals surface area (Å²) in [4.78, 5) is 25.4. The Morgan fingerprint density at radius 1 is 1.28 bits per heavy atom. The van der Waals surface area contributed by atoms with E-state index in [4.69, 9.17) is 0 Å². The van der Waals surface area contributed by atoms with E-state index in [9.17, 15) is 9.59 Å². The molecule has 18 heavy (non-hydrogen) atoms. The van der Waals surface area contributed by atoms with Crippen LogP contribution < -0.4 is 4.90 Å². The standard InChI is InChI=1S/C14H17NO2S/c1-2-3-9-18-12-10-13(16)15(14(12)17)11-7-5-4-6-8-11/h4-8,12H,2-3,9-10H2,1H3/t12-/m0/s1. The normalized spacial score (nSPS) is 19.6. The third kappa shape index (κ3) is 2.75. The first-order chi connectivity index (χ1) is 8.74. The minimum atomic E-state index is -0.191. The van der Waals surface area contributed by atoms with E-state index in [2.05, 4.69) is 6.92 Å². The lowest BCUT2D eigenvalue weighted by molar-refractivity contribution is -0.121. The first kappa shape index (κ1) is 13.1. The highest BCUT2D eigenvalue weighted by molar-refractivity contribution is 8.00. The molecule has 4 heteroatoms. The highest BCUT2D eigenvalue weighted by atomic mass is 32.2. The molecule has 0 saturated carbocycles. The summed E-state index contributed by atoms with van der Waals surface area (Å²) in [6, 6.07) is 9.16. The average molecular weight is 263 g/mol. The maximum absolute atomic E-state index is 12.2. The van der Waals surface area contributed by atoms with Crippen molar-refractivity contribution in [1.29, 1.82) is 0 Å². The van der Waals surface area contributed by atoms with Crippen molar-refractivity contribution in [3.8, 4) is 0 Å². The van der Waals surface area contributed by atoms with E-state index < -0.39 is 0 Å². The van der Waals surface area contributed by atoms with E-state index in [0.29, 0.717) is 12.1 Å². The van der Waals surface area contributed by atoms with Gasteiger partial charge in [-0.2, -0.15) is 0 Å². The number of nitrogens with zero attached hydrogens (tertiary/aromatic N) is 1. The fraction of sp³-hybridized carbons (Fsp3) is 0.429. The zero-order chi connectivity index (χ0) is 13.0. The van der Waals surface area contributed by atoms with Crippen LogP contribution >= 0.6 is 11.8 Å². The number of para-hydroxylation sites is 1. The van der Waals surface area contributed by atoms with Gasteiger partial charge in [-0.05, 0) is 24.3 Å². The predicted molar refractivity (Wildman–Crippen MR) is 74.7 cm³/mol. The van der Waals surface area contributed by atoms with Crippen LogP contribution in [0.1, 0.15) is 26.2 Å². The predicted octanol–water partition coefficient (Wildman–Crippen LogP) is 2.85. The molecule has 1 heterocycles. The van der Waals surface area contributed by atoms with Crippen LogP contribution in [0.15, 0.2) is 30.3 Å². The molecule has 0 unspecified atom stereocenters. The second-order valence-electron chi connectivity index (χ2n) is 4.32. The van der Waals surface area contributed by atoms with Crippen molar-refractivity contribution < 1.29 is 9.59 Å². The molecule has 1 atom stereocenters. The first-order valence-corrected chi connectivity index (χ1v) is 7.32. The molecule has 1 aliphatic rings. The molecule has 2 amide bonds. The Balaban J connectivity index is 2.06. The van der Waals surface area contributed by atoms with Gasteiger partial charge in [0.1, 0.15) is 0 Å². The molecule has 0 bridgehead atoms. The van der Waals surface area contributed by atoms with Gasteiger partial charge in [-0.3, -0.25) is 9.59 Å². The quantitative estimate of drug-likeness (QED) is 0.605. The number of anilines is 1. The molecule has 1 aromatic rings. The van der Waals surface area contributed by atoms with E-state index >= 15 is 0 Å². The van der Waals surface area contributed by atoms with Gasteiger partial charge in [-0.15, -0.1) is 11.8 Å². The summed E-state index contributed by atoms with van der Waals surface area (Å²) in [5, 5.41) is -0.191. The summed E-state index contributed by atoms with van der Waals surface area (Å²) in [7, 11) is 0. The van der Waals surface area contributed by atoms with Crippen LogP contribution in [-0.4, -0.2) is 22.8 Å². The Hall–Kier alpha value is -1.29. The van der Waals surface area contributed by atoms with Gasteiger partial charge in [-0.1, -0.05) is 31.5 Å². The van der Waals surface area contributed by atoms with Crippen molar-refractivity contribution in [3.05, 3.63) is 30.3 Å². The van der Waals surface area contributed by atoms with Crippen molar-refractivity contribution in [2.45, 2.75) is 31.4 Å². The lowest BCUT2D eigenvalue weighted by Crippen LogP contribution is -2.31. The Morgan fingerprint density at radius 2 is 2.00 bits per heavy atom. The third-order valence-corrected chi connectivity index (χ3v) is 4.23. The van der Waals surface area contributed by atoms with Gasteiger partial charge in [0.2, 0.25) is 11.8 Å². The number of carbonyl (C=O) groups is 2. The number of imide groups is 1. The second kappa shape index (κ2) is 6.05. The maximum atomic E-state index is 12.2. The minimum absolute atomic E-state index is 0.0627. The van der Waals surface area contributed by atoms with E-state index in [1.807, 2.05) is 18.2 Å². The van der Waals surface area contributed by atoms with Crippen LogP contribution in [0.5, 0.6) is 0 Å². The second-order valence-corrected chi connectivity index (χ2v) is 5.63. The summed E-state index contributed by atoms with van der Waals surface area (Å²) >= 11 is 1.61. The zero-order valence-electron chi connectivity index (χ0n) is 10.5. The largest absolute Gasteiger partial charge is 0.274 e. The Morgan fingerprint density at radius 3 is 2.67 bits per heavy atom. The SMILES string of the molecule is CCCCS[C@H]1CC(=O)N(c2ccccc2)C1=O. The number of amides is 2. The molecule has 1 saturated heterocycles. The summed E-state index contributed by atoms with van der Waals surface area (Å²) < 4.78 is 0. The lowest BCUT2D eigenvalue weighted by Gasteiger charge is -2.14. The molecule has 1 aliphatic heterocycles. The van der Waals surface area contributed by atoms with Crippen molar-refractivity contribution in [1.82, 2.24) is 0 Å². The first-order valence-electron chi connectivity index (χ1n) is 6.27. The minimum Gasteiger partial charge on any atom is -0.274 e. The van der Waals surface area contributed by atoms with Gasteiger partial charge in [0, 0.05) is 6.42 Å². The van der Waals surface area contributed by atoms with E-state index in [1.54, 1.807) is 23.9 Å². The monoisotopic (exact) mass is 263 g/mol. The smallest absolute Gasteiger partial charge is 0.247 e. The fourth-order valence-electron chi connectivity index (χ4n) is 1.95. The fourth-order valence-corrected chi connectivity index (χ4v) is 3.20. The van der Waals surface area contributed by atoms with E-state index in [-0.39, 0.29) is 17.1 Å². The Bertz CT molecular complexity index is 433. The van der Waals surface area contributed by atoms with Gasteiger partial charge in [0.25, 0.3) is 0 Å². The number of rotatable bonds is 5. The summed E-state index contributed by atoms with van der Waals surface area (Å²) in [5.41, 5.74) is 0.686. The highest BCUT2D eigenvalue weighted by Crippen LogP contribution is 2.29. The molecule has 1 aromatic carbocycles. The van der Waals surface area contributed by atoms with Crippen LogP contribution in [0.4, 0.5) is 5.69 Å². The molecule has 0 spiro atoms. The molecule has 0 aliphatic carbocycles. The van der Waals surface area contributed by atoms with Crippen LogP contribution in [0.2, 0.25) is 0 Å². The van der Waals surface area contributed by atoms with Crippen LogP contribution in [0, 0.1) is 0 Å². The molecule has 1 fully saturated rings. The average Bonchev–Trinajstić information content (AvgIpc) is 2.66. The van der Waals surface area contributed by atoms with Crippen LogP contribution in [0.25, 0.3) is 0 Å².